The van der Waals surface area contributed by atoms with Crippen LogP contribution in [-0.2, 0) is 4.79 Å². The molecule has 12 heteroatoms. The van der Waals surface area contributed by atoms with Crippen molar-refractivity contribution >= 4 is 33.7 Å². The summed E-state index contributed by atoms with van der Waals surface area (Å²) >= 11 is 0. The van der Waals surface area contributed by atoms with Crippen molar-refractivity contribution < 1.29 is 9.90 Å². The Balaban J connectivity index is 1.39. The minimum Gasteiger partial charge on any atom is -0.384 e. The Kier molecular flexibility index (Phi) is 6.80. The molecular weight excluding hydrogens is 512 g/mol. The van der Waals surface area contributed by atoms with Crippen molar-refractivity contribution in [2.45, 2.75) is 31.9 Å². The first-order valence-corrected chi connectivity index (χ1v) is 13.6. The second-order valence-electron chi connectivity index (χ2n) is 10.6. The molecule has 1 atom stereocenters. The van der Waals surface area contributed by atoms with Crippen molar-refractivity contribution in [1.82, 2.24) is 34.3 Å². The molecule has 0 aliphatic carbocycles. The maximum atomic E-state index is 13.2. The molecule has 208 valence electrons. The fourth-order valence-electron chi connectivity index (χ4n) is 5.67. The molecule has 2 N–H and O–H groups in total. The fraction of sp³-hybridized carbons (Fsp3) is 0.429. The van der Waals surface area contributed by atoms with E-state index in [0.29, 0.717) is 48.2 Å². The number of hydrogen-bond donors (Lipinski definition) is 2. The van der Waals surface area contributed by atoms with Crippen molar-refractivity contribution in [3.05, 3.63) is 57.5 Å². The Bertz CT molecular complexity index is 1680. The summed E-state index contributed by atoms with van der Waals surface area (Å²) in [6, 6.07) is 7.43. The Morgan fingerprint density at radius 2 is 1.75 bits per heavy atom. The van der Waals surface area contributed by atoms with Gasteiger partial charge in [-0.3, -0.25) is 24.1 Å². The van der Waals surface area contributed by atoms with Crippen LogP contribution in [0, 0.1) is 0 Å². The number of likely N-dealkylation sites (tertiary alicyclic amines) is 1. The predicted molar refractivity (Wildman–Crippen MR) is 151 cm³/mol. The molecule has 0 unspecified atom stereocenters. The van der Waals surface area contributed by atoms with Crippen LogP contribution < -0.4 is 16.1 Å². The van der Waals surface area contributed by atoms with Gasteiger partial charge in [0.1, 0.15) is 17.4 Å². The number of carbonyl (C=O) groups is 1. The Hall–Kier alpha value is -4.16. The van der Waals surface area contributed by atoms with Crippen LogP contribution in [0.2, 0.25) is 0 Å². The van der Waals surface area contributed by atoms with Crippen molar-refractivity contribution in [1.29, 1.82) is 0 Å². The summed E-state index contributed by atoms with van der Waals surface area (Å²) in [6.45, 7) is 6.08. The third-order valence-corrected chi connectivity index (χ3v) is 7.98. The van der Waals surface area contributed by atoms with E-state index in [9.17, 15) is 19.5 Å². The number of nitrogens with one attached hydrogen (secondary N) is 1. The van der Waals surface area contributed by atoms with Crippen molar-refractivity contribution in [2.75, 3.05) is 51.2 Å². The standard InChI is InChI=1S/C28H32N8O4/c1-17(37)27(39)35-9-7-19(8-10-35)36-25-20(26(38)32-28(36)40)16-29-22-5-4-21(31-24(22)25)18-3-6-23(30-15-18)34-13-11-33(2)12-14-34/h3-6,15-17,19,37H,7-14H2,1-2H3,(H,32,38,40)/t17-/m0/s1. The summed E-state index contributed by atoms with van der Waals surface area (Å²) in [6.07, 6.45) is 3.21. The number of anilines is 1. The molecule has 6 heterocycles. The number of likely N-dealkylation sites (N-methyl/N-ethyl adjacent to an activating group) is 1. The molecule has 4 aromatic rings. The highest BCUT2D eigenvalue weighted by Gasteiger charge is 2.28. The van der Waals surface area contributed by atoms with Crippen molar-refractivity contribution in [2.24, 2.45) is 0 Å². The zero-order valence-corrected chi connectivity index (χ0v) is 22.6. The number of aliphatic hydroxyl groups is 1. The number of amides is 1. The molecular formula is C28H32N8O4. The lowest BCUT2D eigenvalue weighted by Gasteiger charge is -2.34. The summed E-state index contributed by atoms with van der Waals surface area (Å²) < 4.78 is 1.59. The Morgan fingerprint density at radius 3 is 2.42 bits per heavy atom. The normalized spacial score (nSPS) is 18.0. The second kappa shape index (κ2) is 10.4. The highest BCUT2D eigenvalue weighted by molar-refractivity contribution is 6.01. The topological polar surface area (TPSA) is 141 Å². The number of H-pyrrole nitrogens is 1. The van der Waals surface area contributed by atoms with Gasteiger partial charge in [0.2, 0.25) is 0 Å². The summed E-state index contributed by atoms with van der Waals surface area (Å²) in [5.74, 6) is 0.593. The largest absolute Gasteiger partial charge is 0.384 e. The van der Waals surface area contributed by atoms with Crippen molar-refractivity contribution in [3.63, 3.8) is 0 Å². The number of hydrogen-bond acceptors (Lipinski definition) is 9. The zero-order valence-electron chi connectivity index (χ0n) is 22.6. The molecule has 0 radical (unpaired) electrons. The molecule has 0 aromatic carbocycles. The number of pyridine rings is 3. The van der Waals surface area contributed by atoms with E-state index >= 15 is 0 Å². The van der Waals surface area contributed by atoms with Gasteiger partial charge in [0.25, 0.3) is 11.5 Å². The van der Waals surface area contributed by atoms with E-state index in [2.05, 4.69) is 26.8 Å². The number of nitrogens with zero attached hydrogens (tertiary/aromatic N) is 7. The van der Waals surface area contributed by atoms with Gasteiger partial charge in [-0.15, -0.1) is 0 Å². The van der Waals surface area contributed by atoms with Crippen LogP contribution in [0.5, 0.6) is 0 Å². The van der Waals surface area contributed by atoms with Crippen LogP contribution in [0.4, 0.5) is 5.82 Å². The van der Waals surface area contributed by atoms with E-state index in [1.165, 1.54) is 13.1 Å². The number of piperidine rings is 1. The molecule has 2 fully saturated rings. The quantitative estimate of drug-likeness (QED) is 0.360. The van der Waals surface area contributed by atoms with E-state index in [1.807, 2.05) is 24.3 Å². The van der Waals surface area contributed by atoms with Crippen LogP contribution >= 0.6 is 0 Å². The summed E-state index contributed by atoms with van der Waals surface area (Å²) in [7, 11) is 2.12. The predicted octanol–water partition coefficient (Wildman–Crippen LogP) is 0.991. The van der Waals surface area contributed by atoms with Gasteiger partial charge in [0.15, 0.2) is 0 Å². The van der Waals surface area contributed by atoms with E-state index in [4.69, 9.17) is 9.97 Å². The van der Waals surface area contributed by atoms with Gasteiger partial charge in [0, 0.05) is 63.3 Å². The van der Waals surface area contributed by atoms with E-state index in [-0.39, 0.29) is 17.3 Å². The van der Waals surface area contributed by atoms with Gasteiger partial charge in [-0.05, 0) is 51.1 Å². The molecule has 40 heavy (non-hydrogen) atoms. The first-order valence-electron chi connectivity index (χ1n) is 13.6. The van der Waals surface area contributed by atoms with Crippen LogP contribution in [0.25, 0.3) is 33.2 Å². The van der Waals surface area contributed by atoms with Crippen LogP contribution in [0.15, 0.2) is 46.2 Å². The highest BCUT2D eigenvalue weighted by atomic mass is 16.3. The van der Waals surface area contributed by atoms with E-state index < -0.39 is 17.4 Å². The molecule has 12 nitrogen and oxygen atoms in total. The number of aromatic amines is 1. The van der Waals surface area contributed by atoms with Crippen LogP contribution in [-0.4, -0.2) is 97.7 Å². The Labute approximate surface area is 229 Å². The third-order valence-electron chi connectivity index (χ3n) is 7.98. The first kappa shape index (κ1) is 26.1. The van der Waals surface area contributed by atoms with Crippen LogP contribution in [0.1, 0.15) is 25.8 Å². The maximum absolute atomic E-state index is 13.2. The highest BCUT2D eigenvalue weighted by Crippen LogP contribution is 2.29. The molecule has 0 spiro atoms. The number of fused-ring (bicyclic) bond motifs is 3. The molecule has 2 aliphatic heterocycles. The lowest BCUT2D eigenvalue weighted by Crippen LogP contribution is -2.45. The number of piperazine rings is 1. The summed E-state index contributed by atoms with van der Waals surface area (Å²) in [4.78, 5) is 60.9. The fourth-order valence-corrected chi connectivity index (χ4v) is 5.67. The van der Waals surface area contributed by atoms with Gasteiger partial charge < -0.3 is 19.8 Å². The number of carbonyl (C=O) groups excluding carboxylic acids is 1. The minimum absolute atomic E-state index is 0.259. The summed E-state index contributed by atoms with van der Waals surface area (Å²) in [5, 5.41) is 9.97. The van der Waals surface area contributed by atoms with Gasteiger partial charge in [0.05, 0.1) is 22.1 Å². The average Bonchev–Trinajstić information content (AvgIpc) is 2.97. The molecule has 6 rings (SSSR count). The van der Waals surface area contributed by atoms with Crippen LogP contribution in [0.3, 0.4) is 0 Å². The van der Waals surface area contributed by atoms with Gasteiger partial charge in [-0.2, -0.15) is 0 Å². The summed E-state index contributed by atoms with van der Waals surface area (Å²) in [5.41, 5.74) is 1.91. The van der Waals surface area contributed by atoms with E-state index in [0.717, 1.165) is 37.6 Å². The van der Waals surface area contributed by atoms with Gasteiger partial charge >= 0.3 is 5.69 Å². The first-order chi connectivity index (χ1) is 19.3. The van der Waals surface area contributed by atoms with Crippen molar-refractivity contribution in [3.8, 4) is 11.3 Å². The average molecular weight is 545 g/mol. The molecule has 0 saturated carbocycles. The zero-order chi connectivity index (χ0) is 28.0. The number of rotatable bonds is 4. The molecule has 4 aromatic heterocycles. The number of aliphatic hydroxyl groups excluding tert-OH is 1. The second-order valence-corrected chi connectivity index (χ2v) is 10.6. The molecule has 0 bridgehead atoms. The minimum atomic E-state index is -1.07. The SMILES string of the molecule is C[C@H](O)C(=O)N1CCC(n2c(=O)[nH]c(=O)c3cnc4ccc(-c5ccc(N6CCN(C)CC6)nc5)nc4c32)CC1. The van der Waals surface area contributed by atoms with E-state index in [1.54, 1.807) is 15.7 Å². The van der Waals surface area contributed by atoms with Gasteiger partial charge in [-0.25, -0.2) is 14.8 Å². The Morgan fingerprint density at radius 1 is 1.00 bits per heavy atom. The molecule has 1 amide bonds. The lowest BCUT2D eigenvalue weighted by molar-refractivity contribution is -0.140. The monoisotopic (exact) mass is 544 g/mol. The number of aromatic nitrogens is 5. The maximum Gasteiger partial charge on any atom is 0.329 e. The third kappa shape index (κ3) is 4.73. The lowest BCUT2D eigenvalue weighted by atomic mass is 10.0. The van der Waals surface area contributed by atoms with Gasteiger partial charge in [-0.1, -0.05) is 0 Å². The molecule has 2 aliphatic rings. The molecule has 2 saturated heterocycles. The smallest absolute Gasteiger partial charge is 0.329 e.